The minimum Gasteiger partial charge on any atom is -0.550 e. The highest BCUT2D eigenvalue weighted by Gasteiger charge is 2.18. The highest BCUT2D eigenvalue weighted by Crippen LogP contribution is 2.06. The van der Waals surface area contributed by atoms with E-state index in [0.717, 1.165) is 0 Å². The Balaban J connectivity index is 4.12. The van der Waals surface area contributed by atoms with Gasteiger partial charge in [0.05, 0.1) is 27.7 Å². The van der Waals surface area contributed by atoms with Crippen LogP contribution in [0.2, 0.25) is 0 Å². The molecule has 1 atom stereocenters. The van der Waals surface area contributed by atoms with Gasteiger partial charge in [-0.25, -0.2) is 0 Å². The minimum absolute atomic E-state index is 0.304. The highest BCUT2D eigenvalue weighted by molar-refractivity contribution is 5.64. The quantitative estimate of drug-likeness (QED) is 0.305. The number of hydrogen-bond donors (Lipinski definition) is 0. The number of carboxylic acids is 1. The highest BCUT2D eigenvalue weighted by atomic mass is 17.0. The first kappa shape index (κ1) is 13.6. The Morgan fingerprint density at radius 1 is 1.47 bits per heavy atom. The number of rotatable bonds is 7. The summed E-state index contributed by atoms with van der Waals surface area (Å²) in [5, 5.41) is 19.4. The van der Waals surface area contributed by atoms with Crippen LogP contribution in [0.1, 0.15) is 12.8 Å². The number of carbonyl (C=O) groups is 1. The SMILES string of the molecule is C[N+](C)(C)CCC(CC(=O)[O-])O[N+](=O)[O-]. The molecule has 88 valence electrons. The van der Waals surface area contributed by atoms with Crippen LogP contribution < -0.4 is 5.11 Å². The van der Waals surface area contributed by atoms with Crippen molar-refractivity contribution < 1.29 is 24.3 Å². The number of hydrogen-bond acceptors (Lipinski definition) is 5. The second-order valence-corrected chi connectivity index (χ2v) is 4.33. The summed E-state index contributed by atoms with van der Waals surface area (Å²) in [6.07, 6.45) is -1.08. The predicted octanol–water partition coefficient (Wildman–Crippen LogP) is -1.20. The van der Waals surface area contributed by atoms with Gasteiger partial charge in [0.15, 0.2) is 0 Å². The molecule has 0 heterocycles. The van der Waals surface area contributed by atoms with E-state index in [2.05, 4.69) is 4.84 Å². The second-order valence-electron chi connectivity index (χ2n) is 4.33. The summed E-state index contributed by atoms with van der Waals surface area (Å²) in [6, 6.07) is 0. The van der Waals surface area contributed by atoms with Crippen LogP contribution in [0, 0.1) is 10.1 Å². The Morgan fingerprint density at radius 2 is 2.00 bits per heavy atom. The van der Waals surface area contributed by atoms with Crippen molar-refractivity contribution in [3.63, 3.8) is 0 Å². The lowest BCUT2D eigenvalue weighted by Gasteiger charge is -2.26. The monoisotopic (exact) mass is 220 g/mol. The van der Waals surface area contributed by atoms with Crippen molar-refractivity contribution in [2.75, 3.05) is 27.7 Å². The van der Waals surface area contributed by atoms with E-state index in [1.807, 2.05) is 21.1 Å². The lowest BCUT2D eigenvalue weighted by Crippen LogP contribution is -2.39. The normalized spacial score (nSPS) is 13.3. The third kappa shape index (κ3) is 8.95. The van der Waals surface area contributed by atoms with Crippen LogP contribution in [0.4, 0.5) is 0 Å². The molecule has 0 fully saturated rings. The summed E-state index contributed by atoms with van der Waals surface area (Å²) in [4.78, 5) is 24.6. The van der Waals surface area contributed by atoms with Gasteiger partial charge in [-0.1, -0.05) is 0 Å². The van der Waals surface area contributed by atoms with E-state index in [1.165, 1.54) is 0 Å². The fraction of sp³-hybridized carbons (Fsp3) is 0.875. The molecule has 0 aromatic rings. The molecule has 1 unspecified atom stereocenters. The van der Waals surface area contributed by atoms with Crippen molar-refractivity contribution in [2.24, 2.45) is 0 Å². The average molecular weight is 220 g/mol. The van der Waals surface area contributed by atoms with Crippen LogP contribution in [0.3, 0.4) is 0 Å². The summed E-state index contributed by atoms with van der Waals surface area (Å²) >= 11 is 0. The molecule has 0 aliphatic carbocycles. The molecule has 0 saturated carbocycles. The van der Waals surface area contributed by atoms with E-state index in [9.17, 15) is 20.0 Å². The molecule has 0 spiro atoms. The smallest absolute Gasteiger partial charge is 0.294 e. The minimum atomic E-state index is -1.34. The van der Waals surface area contributed by atoms with Crippen molar-refractivity contribution in [1.29, 1.82) is 0 Å². The number of nitrogens with zero attached hydrogens (tertiary/aromatic N) is 2. The molecule has 0 N–H and O–H groups in total. The van der Waals surface area contributed by atoms with Crippen molar-refractivity contribution in [1.82, 2.24) is 0 Å². The largest absolute Gasteiger partial charge is 0.550 e. The molecule has 0 saturated heterocycles. The van der Waals surface area contributed by atoms with Crippen LogP contribution in [-0.2, 0) is 9.63 Å². The van der Waals surface area contributed by atoms with Crippen molar-refractivity contribution in [3.8, 4) is 0 Å². The molecule has 0 aliphatic heterocycles. The van der Waals surface area contributed by atoms with Gasteiger partial charge >= 0.3 is 0 Å². The van der Waals surface area contributed by atoms with Crippen LogP contribution in [0.15, 0.2) is 0 Å². The van der Waals surface area contributed by atoms with Gasteiger partial charge in [0.25, 0.3) is 5.09 Å². The molecule has 0 aliphatic rings. The Morgan fingerprint density at radius 3 is 2.33 bits per heavy atom. The van der Waals surface area contributed by atoms with Gasteiger partial charge in [0.2, 0.25) is 0 Å². The zero-order valence-corrected chi connectivity index (χ0v) is 9.13. The molecular formula is C8H16N2O5. The number of carbonyl (C=O) groups excluding carboxylic acids is 1. The molecule has 0 aromatic carbocycles. The van der Waals surface area contributed by atoms with Gasteiger partial charge in [0.1, 0.15) is 6.10 Å². The van der Waals surface area contributed by atoms with Crippen LogP contribution in [0.25, 0.3) is 0 Å². The van der Waals surface area contributed by atoms with Crippen LogP contribution in [0.5, 0.6) is 0 Å². The Kier molecular flexibility index (Phi) is 4.99. The van der Waals surface area contributed by atoms with Gasteiger partial charge in [0, 0.05) is 18.8 Å². The summed E-state index contributed by atoms with van der Waals surface area (Å²) in [5.41, 5.74) is 0. The summed E-state index contributed by atoms with van der Waals surface area (Å²) in [5.74, 6) is -1.34. The Labute approximate surface area is 87.9 Å². The third-order valence-electron chi connectivity index (χ3n) is 1.75. The molecule has 15 heavy (non-hydrogen) atoms. The topological polar surface area (TPSA) is 92.5 Å². The van der Waals surface area contributed by atoms with Gasteiger partial charge in [-0.05, 0) is 0 Å². The Bertz CT molecular complexity index is 220. The first-order valence-electron chi connectivity index (χ1n) is 4.52. The maximum absolute atomic E-state index is 10.3. The lowest BCUT2D eigenvalue weighted by molar-refractivity contribution is -0.872. The molecule has 7 heteroatoms. The van der Waals surface area contributed by atoms with E-state index in [4.69, 9.17) is 0 Å². The van der Waals surface area contributed by atoms with Gasteiger partial charge in [-0.15, -0.1) is 10.1 Å². The third-order valence-corrected chi connectivity index (χ3v) is 1.75. The number of aliphatic carboxylic acids is 1. The maximum Gasteiger partial charge on any atom is 0.294 e. The fourth-order valence-electron chi connectivity index (χ4n) is 1.03. The first-order valence-corrected chi connectivity index (χ1v) is 4.52. The Hall–Kier alpha value is -1.37. The van der Waals surface area contributed by atoms with Crippen molar-refractivity contribution in [2.45, 2.75) is 18.9 Å². The van der Waals surface area contributed by atoms with E-state index in [1.54, 1.807) is 0 Å². The standard InChI is InChI=1S/C8H16N2O5/c1-10(2,3)5-4-7(6-8(11)12)15-9(13)14/h7H,4-6H2,1-3H3. The van der Waals surface area contributed by atoms with E-state index in [-0.39, 0.29) is 0 Å². The maximum atomic E-state index is 10.3. The first-order chi connectivity index (χ1) is 6.70. The zero-order chi connectivity index (χ0) is 12.1. The number of carboxylic acid groups (broad SMARTS) is 1. The van der Waals surface area contributed by atoms with Crippen LogP contribution >= 0.6 is 0 Å². The molecule has 0 aromatic heterocycles. The van der Waals surface area contributed by atoms with Crippen LogP contribution in [-0.4, -0.2) is 49.3 Å². The fourth-order valence-corrected chi connectivity index (χ4v) is 1.03. The molecule has 0 bridgehead atoms. The van der Waals surface area contributed by atoms with Crippen molar-refractivity contribution >= 4 is 5.97 Å². The summed E-state index contributed by atoms with van der Waals surface area (Å²) in [7, 11) is 5.71. The summed E-state index contributed by atoms with van der Waals surface area (Å²) < 4.78 is 0.588. The predicted molar refractivity (Wildman–Crippen MR) is 49.0 cm³/mol. The average Bonchev–Trinajstić information content (AvgIpc) is 1.96. The molecular weight excluding hydrogens is 204 g/mol. The lowest BCUT2D eigenvalue weighted by atomic mass is 10.2. The molecule has 0 rings (SSSR count). The van der Waals surface area contributed by atoms with E-state index < -0.39 is 23.6 Å². The zero-order valence-electron chi connectivity index (χ0n) is 9.13. The van der Waals surface area contributed by atoms with E-state index >= 15 is 0 Å². The molecule has 0 amide bonds. The van der Waals surface area contributed by atoms with Crippen molar-refractivity contribution in [3.05, 3.63) is 10.1 Å². The van der Waals surface area contributed by atoms with Gasteiger partial charge < -0.3 is 19.2 Å². The molecule has 7 nitrogen and oxygen atoms in total. The second kappa shape index (κ2) is 5.50. The number of quaternary nitrogens is 1. The molecule has 0 radical (unpaired) electrons. The van der Waals surface area contributed by atoms with Gasteiger partial charge in [-0.2, -0.15) is 0 Å². The van der Waals surface area contributed by atoms with Gasteiger partial charge in [-0.3, -0.25) is 0 Å². The summed E-state index contributed by atoms with van der Waals surface area (Å²) in [6.45, 7) is 0.589. The van der Waals surface area contributed by atoms with E-state index in [0.29, 0.717) is 17.4 Å².